The first kappa shape index (κ1) is 14.9. The maximum Gasteiger partial charge on any atom is 0.387 e. The van der Waals surface area contributed by atoms with Gasteiger partial charge in [-0.25, -0.2) is 0 Å². The molecule has 0 aliphatic carbocycles. The fourth-order valence-electron chi connectivity index (χ4n) is 1.84. The smallest absolute Gasteiger partial charge is 0.387 e. The third kappa shape index (κ3) is 4.25. The van der Waals surface area contributed by atoms with Gasteiger partial charge in [0.2, 0.25) is 0 Å². The monoisotopic (exact) mass is 342 g/mol. The summed E-state index contributed by atoms with van der Waals surface area (Å²) >= 11 is 3.35. The Labute approximate surface area is 123 Å². The van der Waals surface area contributed by atoms with Gasteiger partial charge in [-0.3, -0.25) is 4.98 Å². The number of pyridine rings is 1. The van der Waals surface area contributed by atoms with Crippen LogP contribution in [0.4, 0.5) is 8.78 Å². The van der Waals surface area contributed by atoms with Gasteiger partial charge in [0.1, 0.15) is 5.75 Å². The van der Waals surface area contributed by atoms with E-state index >= 15 is 0 Å². The van der Waals surface area contributed by atoms with Gasteiger partial charge in [-0.2, -0.15) is 8.78 Å². The van der Waals surface area contributed by atoms with Crippen LogP contribution >= 0.6 is 15.9 Å². The van der Waals surface area contributed by atoms with E-state index < -0.39 is 6.61 Å². The number of alkyl halides is 2. The van der Waals surface area contributed by atoms with Crippen LogP contribution < -0.4 is 10.5 Å². The molecule has 0 saturated heterocycles. The number of nitrogens with two attached hydrogens (primary N) is 1. The van der Waals surface area contributed by atoms with Gasteiger partial charge in [0.15, 0.2) is 0 Å². The molecule has 6 heteroatoms. The normalized spacial score (nSPS) is 12.4. The second-order valence-electron chi connectivity index (χ2n) is 4.27. The fourth-order valence-corrected chi connectivity index (χ4v) is 2.25. The van der Waals surface area contributed by atoms with Crippen LogP contribution in [0.3, 0.4) is 0 Å². The molecular weight excluding hydrogens is 330 g/mol. The summed E-state index contributed by atoms with van der Waals surface area (Å²) in [7, 11) is 0. The maximum atomic E-state index is 12.0. The lowest BCUT2D eigenvalue weighted by atomic mass is 10.0. The molecule has 20 heavy (non-hydrogen) atoms. The molecule has 0 bridgehead atoms. The Hall–Kier alpha value is -1.53. The van der Waals surface area contributed by atoms with Gasteiger partial charge in [0.05, 0.1) is 0 Å². The fraction of sp³-hybridized carbons (Fsp3) is 0.214. The van der Waals surface area contributed by atoms with Crippen molar-refractivity contribution in [3.63, 3.8) is 0 Å². The van der Waals surface area contributed by atoms with Gasteiger partial charge in [-0.05, 0) is 51.7 Å². The zero-order valence-corrected chi connectivity index (χ0v) is 12.1. The molecule has 0 fully saturated rings. The van der Waals surface area contributed by atoms with Gasteiger partial charge >= 0.3 is 6.61 Å². The average molecular weight is 343 g/mol. The quantitative estimate of drug-likeness (QED) is 0.901. The van der Waals surface area contributed by atoms with Crippen molar-refractivity contribution in [2.24, 2.45) is 5.73 Å². The molecule has 2 rings (SSSR count). The highest BCUT2D eigenvalue weighted by Gasteiger charge is 2.09. The van der Waals surface area contributed by atoms with Crippen molar-refractivity contribution in [3.8, 4) is 5.75 Å². The molecule has 1 aromatic heterocycles. The summed E-state index contributed by atoms with van der Waals surface area (Å²) in [6.45, 7) is -2.82. The highest BCUT2D eigenvalue weighted by molar-refractivity contribution is 9.10. The third-order valence-electron chi connectivity index (χ3n) is 2.75. The van der Waals surface area contributed by atoms with Crippen LogP contribution in [0.25, 0.3) is 0 Å². The maximum absolute atomic E-state index is 12.0. The molecule has 1 unspecified atom stereocenters. The number of hydrogen-bond acceptors (Lipinski definition) is 3. The Morgan fingerprint density at radius 3 is 2.50 bits per heavy atom. The van der Waals surface area contributed by atoms with Crippen molar-refractivity contribution in [3.05, 3.63) is 58.3 Å². The summed E-state index contributed by atoms with van der Waals surface area (Å²) in [5.41, 5.74) is 7.95. The molecule has 3 nitrogen and oxygen atoms in total. The van der Waals surface area contributed by atoms with Crippen LogP contribution in [-0.4, -0.2) is 11.6 Å². The van der Waals surface area contributed by atoms with Crippen LogP contribution in [0.1, 0.15) is 17.2 Å². The van der Waals surface area contributed by atoms with E-state index in [2.05, 4.69) is 25.7 Å². The summed E-state index contributed by atoms with van der Waals surface area (Å²) in [4.78, 5) is 4.07. The summed E-state index contributed by atoms with van der Waals surface area (Å²) in [6.07, 6.45) is 4.06. The molecule has 0 aliphatic heterocycles. The topological polar surface area (TPSA) is 48.1 Å². The molecule has 106 valence electrons. The van der Waals surface area contributed by atoms with Gasteiger partial charge < -0.3 is 10.5 Å². The summed E-state index contributed by atoms with van der Waals surface area (Å²) in [6, 6.07) is 8.07. The number of aromatic nitrogens is 1. The molecule has 0 amide bonds. The van der Waals surface area contributed by atoms with Crippen LogP contribution in [-0.2, 0) is 6.42 Å². The Morgan fingerprint density at radius 2 is 1.90 bits per heavy atom. The molecule has 0 spiro atoms. The van der Waals surface area contributed by atoms with Crippen molar-refractivity contribution < 1.29 is 13.5 Å². The lowest BCUT2D eigenvalue weighted by Crippen LogP contribution is -2.13. The van der Waals surface area contributed by atoms with E-state index in [1.165, 1.54) is 12.1 Å². The lowest BCUT2D eigenvalue weighted by Gasteiger charge is -2.13. The van der Waals surface area contributed by atoms with Crippen LogP contribution in [0.15, 0.2) is 47.2 Å². The molecule has 2 N–H and O–H groups in total. The highest BCUT2D eigenvalue weighted by atomic mass is 79.9. The largest absolute Gasteiger partial charge is 0.435 e. The van der Waals surface area contributed by atoms with Crippen molar-refractivity contribution in [1.82, 2.24) is 4.98 Å². The van der Waals surface area contributed by atoms with Crippen LogP contribution in [0.5, 0.6) is 5.75 Å². The van der Waals surface area contributed by atoms with E-state index in [0.717, 1.165) is 15.6 Å². The molecule has 1 atom stereocenters. The number of benzene rings is 1. The van der Waals surface area contributed by atoms with Crippen LogP contribution in [0, 0.1) is 0 Å². The number of hydrogen-bond donors (Lipinski definition) is 1. The van der Waals surface area contributed by atoms with Crippen LogP contribution in [0.2, 0.25) is 0 Å². The van der Waals surface area contributed by atoms with Crippen molar-refractivity contribution in [2.45, 2.75) is 19.1 Å². The van der Waals surface area contributed by atoms with Gasteiger partial charge in [-0.1, -0.05) is 12.1 Å². The minimum Gasteiger partial charge on any atom is -0.435 e. The summed E-state index contributed by atoms with van der Waals surface area (Å²) in [5.74, 6) is 0.125. The molecule has 2 aromatic rings. The number of ether oxygens (including phenoxy) is 1. The standard InChI is InChI=1S/C14H13BrF2N2O/c15-11-5-9(7-19-8-11)6-13(18)10-1-3-12(4-2-10)20-14(16)17/h1-5,7-8,13-14H,6,18H2. The predicted octanol–water partition coefficient (Wildman–Crippen LogP) is 3.69. The minimum absolute atomic E-state index is 0.125. The molecule has 1 aromatic carbocycles. The Kier molecular flexibility index (Phi) is 5.03. The van der Waals surface area contributed by atoms with E-state index in [-0.39, 0.29) is 11.8 Å². The van der Waals surface area contributed by atoms with Crippen molar-refractivity contribution in [1.29, 1.82) is 0 Å². The predicted molar refractivity (Wildman–Crippen MR) is 75.6 cm³/mol. The van der Waals surface area contributed by atoms with E-state index in [1.54, 1.807) is 24.5 Å². The van der Waals surface area contributed by atoms with E-state index in [9.17, 15) is 8.78 Å². The van der Waals surface area contributed by atoms with E-state index in [0.29, 0.717) is 6.42 Å². The molecule has 1 heterocycles. The SMILES string of the molecule is NC(Cc1cncc(Br)c1)c1ccc(OC(F)F)cc1. The van der Waals surface area contributed by atoms with Gasteiger partial charge in [0, 0.05) is 22.9 Å². The summed E-state index contributed by atoms with van der Waals surface area (Å²) in [5, 5.41) is 0. The second-order valence-corrected chi connectivity index (χ2v) is 5.19. The highest BCUT2D eigenvalue weighted by Crippen LogP contribution is 2.21. The number of nitrogens with zero attached hydrogens (tertiary/aromatic N) is 1. The second kappa shape index (κ2) is 6.76. The Morgan fingerprint density at radius 1 is 1.20 bits per heavy atom. The van der Waals surface area contributed by atoms with Crippen molar-refractivity contribution in [2.75, 3.05) is 0 Å². The summed E-state index contributed by atoms with van der Waals surface area (Å²) < 4.78 is 29.3. The molecule has 0 aliphatic rings. The molecular formula is C14H13BrF2N2O. The first-order valence-electron chi connectivity index (χ1n) is 5.94. The Balaban J connectivity index is 2.03. The van der Waals surface area contributed by atoms with Gasteiger partial charge in [0.25, 0.3) is 0 Å². The Bertz CT molecular complexity index is 563. The van der Waals surface area contributed by atoms with Crippen molar-refractivity contribution >= 4 is 15.9 Å². The number of rotatable bonds is 5. The average Bonchev–Trinajstić information content (AvgIpc) is 2.38. The first-order chi connectivity index (χ1) is 9.54. The number of halogens is 3. The zero-order valence-electron chi connectivity index (χ0n) is 10.5. The zero-order chi connectivity index (χ0) is 14.5. The van der Waals surface area contributed by atoms with E-state index in [4.69, 9.17) is 5.73 Å². The minimum atomic E-state index is -2.82. The first-order valence-corrected chi connectivity index (χ1v) is 6.73. The molecule has 0 saturated carbocycles. The van der Waals surface area contributed by atoms with Gasteiger partial charge in [-0.15, -0.1) is 0 Å². The lowest BCUT2D eigenvalue weighted by molar-refractivity contribution is -0.0498. The molecule has 0 radical (unpaired) electrons. The van der Waals surface area contributed by atoms with E-state index in [1.807, 2.05) is 6.07 Å². The third-order valence-corrected chi connectivity index (χ3v) is 3.18.